The Balaban J connectivity index is 1.86. The zero-order valence-corrected chi connectivity index (χ0v) is 23.0. The van der Waals surface area contributed by atoms with E-state index in [0.717, 1.165) is 25.7 Å². The van der Waals surface area contributed by atoms with Crippen LogP contribution in [0, 0.1) is 17.8 Å². The van der Waals surface area contributed by atoms with Crippen molar-refractivity contribution in [2.24, 2.45) is 17.8 Å². The lowest BCUT2D eigenvalue weighted by Gasteiger charge is -2.28. The number of rotatable bonds is 9. The Morgan fingerprint density at radius 2 is 1.92 bits per heavy atom. The van der Waals surface area contributed by atoms with E-state index in [9.17, 15) is 19.2 Å². The molecule has 0 unspecified atom stereocenters. The van der Waals surface area contributed by atoms with Gasteiger partial charge < -0.3 is 15.5 Å². The number of aromatic nitrogens is 2. The molecule has 2 aromatic heterocycles. The zero-order valence-electron chi connectivity index (χ0n) is 22.2. The second kappa shape index (κ2) is 11.5. The molecule has 0 fully saturated rings. The molecule has 0 aliphatic heterocycles. The van der Waals surface area contributed by atoms with E-state index >= 15 is 0 Å². The van der Waals surface area contributed by atoms with Gasteiger partial charge in [0.1, 0.15) is 12.4 Å². The predicted molar refractivity (Wildman–Crippen MR) is 145 cm³/mol. The lowest BCUT2D eigenvalue weighted by atomic mass is 9.87. The number of hydrogen-bond acceptors (Lipinski definition) is 6. The third-order valence-electron chi connectivity index (χ3n) is 6.57. The van der Waals surface area contributed by atoms with Crippen molar-refractivity contribution in [1.82, 2.24) is 14.5 Å². The highest BCUT2D eigenvalue weighted by Crippen LogP contribution is 2.34. The molecule has 0 radical (unpaired) electrons. The fraction of sp³-hybridized carbons (Fsp3) is 0.615. The molecule has 2 amide bonds. The Morgan fingerprint density at radius 1 is 1.22 bits per heavy atom. The molecule has 3 N–H and O–H groups in total. The third kappa shape index (κ3) is 6.08. The summed E-state index contributed by atoms with van der Waals surface area (Å²) in [7, 11) is 1.59. The van der Waals surface area contributed by atoms with Crippen molar-refractivity contribution in [3.8, 4) is 0 Å². The number of carbonyl (C=O) groups is 2. The minimum atomic E-state index is -0.711. The van der Waals surface area contributed by atoms with Gasteiger partial charge >= 0.3 is 5.69 Å². The summed E-state index contributed by atoms with van der Waals surface area (Å²) in [5, 5.41) is 0. The fourth-order valence-electron chi connectivity index (χ4n) is 4.67. The average molecular weight is 518 g/mol. The molecular weight excluding hydrogens is 478 g/mol. The van der Waals surface area contributed by atoms with E-state index in [1.807, 2.05) is 33.8 Å². The largest absolute Gasteiger partial charge is 0.383 e. The molecule has 0 bridgehead atoms. The maximum atomic E-state index is 13.5. The first kappa shape index (κ1) is 27.7. The minimum Gasteiger partial charge on any atom is -0.383 e. The van der Waals surface area contributed by atoms with Crippen LogP contribution < -0.4 is 21.9 Å². The molecule has 10 heteroatoms. The van der Waals surface area contributed by atoms with E-state index in [0.29, 0.717) is 17.3 Å². The van der Waals surface area contributed by atoms with Crippen molar-refractivity contribution < 1.29 is 9.59 Å². The molecule has 0 aromatic carbocycles. The number of aromatic amines is 1. The van der Waals surface area contributed by atoms with Crippen LogP contribution in [-0.2, 0) is 24.2 Å². The SMILES string of the molecule is CC[C@H]1CCc2sc(C(=O)N(C)CC(=O)N(CC(C)C)c3c(N)n(CC(C)C)c(=O)[nH]c3=O)cc2C1. The Bertz CT molecular complexity index is 1230. The maximum Gasteiger partial charge on any atom is 0.330 e. The fourth-order valence-corrected chi connectivity index (χ4v) is 5.87. The summed E-state index contributed by atoms with van der Waals surface area (Å²) in [4.78, 5) is 58.8. The number of nitrogens with zero attached hydrogens (tertiary/aromatic N) is 3. The molecule has 2 heterocycles. The van der Waals surface area contributed by atoms with Crippen LogP contribution in [0.1, 0.15) is 67.6 Å². The van der Waals surface area contributed by atoms with Gasteiger partial charge in [-0.15, -0.1) is 11.3 Å². The van der Waals surface area contributed by atoms with Gasteiger partial charge in [-0.2, -0.15) is 0 Å². The molecule has 1 aliphatic carbocycles. The van der Waals surface area contributed by atoms with Gasteiger partial charge in [-0.25, -0.2) is 4.79 Å². The van der Waals surface area contributed by atoms with Crippen molar-refractivity contribution in [1.29, 1.82) is 0 Å². The number of amides is 2. The molecule has 36 heavy (non-hydrogen) atoms. The van der Waals surface area contributed by atoms with Gasteiger partial charge in [0.2, 0.25) is 5.91 Å². The van der Waals surface area contributed by atoms with Crippen LogP contribution in [0.15, 0.2) is 15.7 Å². The van der Waals surface area contributed by atoms with Gasteiger partial charge in [0.15, 0.2) is 5.69 Å². The van der Waals surface area contributed by atoms with E-state index in [1.165, 1.54) is 36.1 Å². The van der Waals surface area contributed by atoms with Crippen LogP contribution >= 0.6 is 11.3 Å². The van der Waals surface area contributed by atoms with Crippen molar-refractivity contribution in [2.45, 2.75) is 66.8 Å². The number of hydrogen-bond donors (Lipinski definition) is 2. The normalized spacial score (nSPS) is 15.3. The summed E-state index contributed by atoms with van der Waals surface area (Å²) in [6.07, 6.45) is 4.26. The van der Waals surface area contributed by atoms with Gasteiger partial charge in [0.25, 0.3) is 11.5 Å². The highest BCUT2D eigenvalue weighted by Gasteiger charge is 2.28. The lowest BCUT2D eigenvalue weighted by molar-refractivity contribution is -0.119. The van der Waals surface area contributed by atoms with Gasteiger partial charge in [-0.05, 0) is 48.6 Å². The molecule has 1 atom stereocenters. The van der Waals surface area contributed by atoms with Crippen molar-refractivity contribution in [2.75, 3.05) is 30.8 Å². The van der Waals surface area contributed by atoms with Crippen LogP contribution in [0.25, 0.3) is 0 Å². The number of thiophene rings is 1. The van der Waals surface area contributed by atoms with Crippen molar-refractivity contribution in [3.63, 3.8) is 0 Å². The average Bonchev–Trinajstić information content (AvgIpc) is 3.23. The molecule has 3 rings (SSSR count). The quantitative estimate of drug-likeness (QED) is 0.529. The second-order valence-electron chi connectivity index (χ2n) is 10.6. The standard InChI is InChI=1S/C26H39N5O4S/c1-7-17-8-9-19-18(10-17)11-20(36-19)25(34)29(6)14-21(32)30(12-15(2)3)22-23(27)31(13-16(4)5)26(35)28-24(22)33/h11,15-17H,7-10,12-14,27H2,1-6H3,(H,28,33,35)/t17-/m0/s1. The van der Waals surface area contributed by atoms with Crippen molar-refractivity contribution >= 4 is 34.7 Å². The second-order valence-corrected chi connectivity index (χ2v) is 11.8. The third-order valence-corrected chi connectivity index (χ3v) is 7.80. The number of aryl methyl sites for hydroxylation is 1. The van der Waals surface area contributed by atoms with Crippen LogP contribution in [0.3, 0.4) is 0 Å². The minimum absolute atomic E-state index is 0.0229. The predicted octanol–water partition coefficient (Wildman–Crippen LogP) is 3.11. The molecule has 1 aliphatic rings. The summed E-state index contributed by atoms with van der Waals surface area (Å²) in [5.74, 6) is 0.0878. The summed E-state index contributed by atoms with van der Waals surface area (Å²) < 4.78 is 1.29. The number of nitrogen functional groups attached to an aromatic ring is 1. The van der Waals surface area contributed by atoms with Crippen LogP contribution in [-0.4, -0.2) is 46.4 Å². The molecular formula is C26H39N5O4S. The van der Waals surface area contributed by atoms with E-state index in [4.69, 9.17) is 5.73 Å². The zero-order chi connectivity index (χ0) is 26.7. The Labute approximate surface area is 216 Å². The van der Waals surface area contributed by atoms with E-state index in [-0.39, 0.29) is 42.3 Å². The van der Waals surface area contributed by atoms with E-state index in [1.54, 1.807) is 7.05 Å². The van der Waals surface area contributed by atoms with E-state index in [2.05, 4.69) is 11.9 Å². The number of fused-ring (bicyclic) bond motifs is 1. The summed E-state index contributed by atoms with van der Waals surface area (Å²) in [6.45, 7) is 10.2. The van der Waals surface area contributed by atoms with Gasteiger partial charge in [-0.3, -0.25) is 23.9 Å². The number of anilines is 2. The Morgan fingerprint density at radius 3 is 2.53 bits per heavy atom. The summed E-state index contributed by atoms with van der Waals surface area (Å²) in [5.41, 5.74) is 6.16. The first-order chi connectivity index (χ1) is 16.9. The maximum absolute atomic E-state index is 13.5. The molecule has 0 saturated heterocycles. The topological polar surface area (TPSA) is 121 Å². The molecule has 0 saturated carbocycles. The number of H-pyrrole nitrogens is 1. The Kier molecular flexibility index (Phi) is 8.81. The molecule has 0 spiro atoms. The first-order valence-electron chi connectivity index (χ1n) is 12.7. The number of likely N-dealkylation sites (N-methyl/N-ethyl adjacent to an activating group) is 1. The highest BCUT2D eigenvalue weighted by molar-refractivity contribution is 7.14. The van der Waals surface area contributed by atoms with Crippen molar-refractivity contribution in [3.05, 3.63) is 42.2 Å². The molecule has 9 nitrogen and oxygen atoms in total. The summed E-state index contributed by atoms with van der Waals surface area (Å²) in [6, 6.07) is 1.97. The number of nitrogens with one attached hydrogen (secondary N) is 1. The smallest absolute Gasteiger partial charge is 0.330 e. The van der Waals surface area contributed by atoms with Gasteiger partial charge in [0.05, 0.1) is 4.88 Å². The van der Waals surface area contributed by atoms with Crippen LogP contribution in [0.2, 0.25) is 0 Å². The lowest BCUT2D eigenvalue weighted by Crippen LogP contribution is -2.47. The van der Waals surface area contributed by atoms with E-state index < -0.39 is 17.2 Å². The van der Waals surface area contributed by atoms with Crippen LogP contribution in [0.5, 0.6) is 0 Å². The number of nitrogens with two attached hydrogens (primary N) is 1. The first-order valence-corrected chi connectivity index (χ1v) is 13.5. The molecule has 2 aromatic rings. The monoisotopic (exact) mass is 517 g/mol. The van der Waals surface area contributed by atoms with Gasteiger partial charge in [0, 0.05) is 25.0 Å². The Hall–Kier alpha value is -2.88. The van der Waals surface area contributed by atoms with Gasteiger partial charge in [-0.1, -0.05) is 41.0 Å². The van der Waals surface area contributed by atoms with Crippen LogP contribution in [0.4, 0.5) is 11.5 Å². The highest BCUT2D eigenvalue weighted by atomic mass is 32.1. The number of carbonyl (C=O) groups excluding carboxylic acids is 2. The molecule has 198 valence electrons. The summed E-state index contributed by atoms with van der Waals surface area (Å²) >= 11 is 1.51.